The van der Waals surface area contributed by atoms with Gasteiger partial charge >= 0.3 is 0 Å². The molecule has 0 saturated carbocycles. The number of aryl methyl sites for hydroxylation is 1. The van der Waals surface area contributed by atoms with Crippen LogP contribution in [0.2, 0.25) is 0 Å². The normalized spacial score (nSPS) is 10.8. The molecule has 20 heavy (non-hydrogen) atoms. The second-order valence-corrected chi connectivity index (χ2v) is 4.62. The number of anilines is 1. The van der Waals surface area contributed by atoms with Crippen molar-refractivity contribution in [3.05, 3.63) is 53.9 Å². The van der Waals surface area contributed by atoms with Crippen LogP contribution in [0.5, 0.6) is 5.75 Å². The van der Waals surface area contributed by atoms with E-state index >= 15 is 0 Å². The van der Waals surface area contributed by atoms with Crippen LogP contribution >= 0.6 is 0 Å². The van der Waals surface area contributed by atoms with Crippen molar-refractivity contribution in [3.8, 4) is 5.75 Å². The second-order valence-electron chi connectivity index (χ2n) is 4.62. The number of hydrogen-bond donors (Lipinski definition) is 1. The third kappa shape index (κ3) is 2.59. The van der Waals surface area contributed by atoms with Crippen molar-refractivity contribution < 1.29 is 9.15 Å². The number of nitrogens with two attached hydrogens (primary N) is 1. The fraction of sp³-hybridized carbons (Fsp3) is 0.188. The molecule has 2 N–H and O–H groups in total. The van der Waals surface area contributed by atoms with Gasteiger partial charge in [-0.1, -0.05) is 19.1 Å². The highest BCUT2D eigenvalue weighted by Crippen LogP contribution is 2.20. The molecule has 4 heteroatoms. The lowest BCUT2D eigenvalue weighted by molar-refractivity contribution is 0.267. The highest BCUT2D eigenvalue weighted by atomic mass is 16.5. The van der Waals surface area contributed by atoms with Gasteiger partial charge in [0.05, 0.1) is 0 Å². The number of hydrogen-bond acceptors (Lipinski definition) is 4. The Hall–Kier alpha value is -2.49. The Balaban J connectivity index is 1.72. The highest BCUT2D eigenvalue weighted by molar-refractivity contribution is 5.76. The summed E-state index contributed by atoms with van der Waals surface area (Å²) < 4.78 is 11.3. The van der Waals surface area contributed by atoms with Crippen LogP contribution in [0.3, 0.4) is 0 Å². The molecule has 0 aliphatic carbocycles. The molecule has 0 bridgehead atoms. The van der Waals surface area contributed by atoms with Crippen LogP contribution in [-0.2, 0) is 13.0 Å². The van der Waals surface area contributed by atoms with Crippen molar-refractivity contribution in [2.45, 2.75) is 20.0 Å². The highest BCUT2D eigenvalue weighted by Gasteiger charge is 2.06. The first-order chi connectivity index (χ1) is 9.74. The van der Waals surface area contributed by atoms with Crippen molar-refractivity contribution in [2.24, 2.45) is 0 Å². The molecule has 0 unspecified atom stereocenters. The van der Waals surface area contributed by atoms with Gasteiger partial charge in [0.15, 0.2) is 12.2 Å². The average molecular weight is 268 g/mol. The van der Waals surface area contributed by atoms with Crippen molar-refractivity contribution in [1.29, 1.82) is 0 Å². The van der Waals surface area contributed by atoms with Crippen molar-refractivity contribution in [1.82, 2.24) is 4.98 Å². The van der Waals surface area contributed by atoms with Gasteiger partial charge in [0.2, 0.25) is 5.89 Å². The number of nitrogens with zero attached hydrogens (tertiary/aromatic N) is 1. The van der Waals surface area contributed by atoms with Gasteiger partial charge in [-0.15, -0.1) is 0 Å². The van der Waals surface area contributed by atoms with Crippen LogP contribution < -0.4 is 10.5 Å². The lowest BCUT2D eigenvalue weighted by Gasteiger charge is -2.04. The maximum absolute atomic E-state index is 5.71. The number of oxazole rings is 1. The minimum atomic E-state index is 0.306. The zero-order chi connectivity index (χ0) is 13.9. The lowest BCUT2D eigenvalue weighted by atomic mass is 10.2. The molecule has 0 aliphatic rings. The molecule has 0 aliphatic heterocycles. The lowest BCUT2D eigenvalue weighted by Crippen LogP contribution is -1.95. The maximum atomic E-state index is 5.71. The smallest absolute Gasteiger partial charge is 0.233 e. The van der Waals surface area contributed by atoms with E-state index in [-0.39, 0.29) is 0 Å². The van der Waals surface area contributed by atoms with E-state index in [1.807, 2.05) is 18.2 Å². The van der Waals surface area contributed by atoms with Crippen molar-refractivity contribution in [3.63, 3.8) is 0 Å². The Bertz CT molecular complexity index is 717. The average Bonchev–Trinajstić information content (AvgIpc) is 2.87. The van der Waals surface area contributed by atoms with Crippen LogP contribution in [0.4, 0.5) is 5.69 Å². The van der Waals surface area contributed by atoms with Gasteiger partial charge in [0.1, 0.15) is 11.3 Å². The number of aromatic nitrogens is 1. The fourth-order valence-corrected chi connectivity index (χ4v) is 2.02. The summed E-state index contributed by atoms with van der Waals surface area (Å²) in [5.74, 6) is 1.36. The zero-order valence-electron chi connectivity index (χ0n) is 11.3. The molecular formula is C16H16N2O2. The van der Waals surface area contributed by atoms with E-state index in [0.717, 1.165) is 17.7 Å². The molecule has 4 nitrogen and oxygen atoms in total. The van der Waals surface area contributed by atoms with E-state index in [2.05, 4.69) is 24.0 Å². The van der Waals surface area contributed by atoms with Crippen molar-refractivity contribution in [2.75, 3.05) is 5.73 Å². The Labute approximate surface area is 117 Å². The summed E-state index contributed by atoms with van der Waals surface area (Å²) in [5, 5.41) is 0. The van der Waals surface area contributed by atoms with E-state index in [0.29, 0.717) is 23.8 Å². The Morgan fingerprint density at radius 2 is 1.95 bits per heavy atom. The summed E-state index contributed by atoms with van der Waals surface area (Å²) in [5.41, 5.74) is 9.13. The molecule has 102 valence electrons. The van der Waals surface area contributed by atoms with E-state index in [4.69, 9.17) is 14.9 Å². The summed E-state index contributed by atoms with van der Waals surface area (Å²) in [4.78, 5) is 4.36. The summed E-state index contributed by atoms with van der Waals surface area (Å²) >= 11 is 0. The molecule has 1 aromatic heterocycles. The first-order valence-electron chi connectivity index (χ1n) is 6.61. The summed E-state index contributed by atoms with van der Waals surface area (Å²) in [7, 11) is 0. The SMILES string of the molecule is CCc1ccc(OCc2nc3ccc(N)cc3o2)cc1. The quantitative estimate of drug-likeness (QED) is 0.735. The first-order valence-corrected chi connectivity index (χ1v) is 6.61. The van der Waals surface area contributed by atoms with Gasteiger partial charge in [0.25, 0.3) is 0 Å². The van der Waals surface area contributed by atoms with Crippen LogP contribution in [0, 0.1) is 0 Å². The summed E-state index contributed by atoms with van der Waals surface area (Å²) in [6, 6.07) is 13.4. The fourth-order valence-electron chi connectivity index (χ4n) is 2.02. The van der Waals surface area contributed by atoms with Gasteiger partial charge in [-0.2, -0.15) is 0 Å². The third-order valence-corrected chi connectivity index (χ3v) is 3.15. The van der Waals surface area contributed by atoms with E-state index < -0.39 is 0 Å². The van der Waals surface area contributed by atoms with E-state index in [1.165, 1.54) is 5.56 Å². The molecule has 3 aromatic rings. The largest absolute Gasteiger partial charge is 0.484 e. The molecule has 0 fully saturated rings. The molecule has 0 atom stereocenters. The molecule has 3 rings (SSSR count). The topological polar surface area (TPSA) is 61.3 Å². The zero-order valence-corrected chi connectivity index (χ0v) is 11.3. The van der Waals surface area contributed by atoms with Crippen LogP contribution in [0.25, 0.3) is 11.1 Å². The molecule has 0 saturated heterocycles. The number of nitrogen functional groups attached to an aromatic ring is 1. The standard InChI is InChI=1S/C16H16N2O2/c1-2-11-3-6-13(7-4-11)19-10-16-18-14-8-5-12(17)9-15(14)20-16/h3-9H,2,10,17H2,1H3. The van der Waals surface area contributed by atoms with Crippen LogP contribution in [-0.4, -0.2) is 4.98 Å². The molecule has 0 amide bonds. The number of ether oxygens (including phenoxy) is 1. The Morgan fingerprint density at radius 1 is 1.15 bits per heavy atom. The van der Waals surface area contributed by atoms with Crippen molar-refractivity contribution >= 4 is 16.8 Å². The first kappa shape index (κ1) is 12.5. The molecule has 0 radical (unpaired) electrons. The van der Waals surface area contributed by atoms with Crippen LogP contribution in [0.15, 0.2) is 46.9 Å². The monoisotopic (exact) mass is 268 g/mol. The number of rotatable bonds is 4. The van der Waals surface area contributed by atoms with Crippen LogP contribution in [0.1, 0.15) is 18.4 Å². The van der Waals surface area contributed by atoms with E-state index in [9.17, 15) is 0 Å². The molecule has 0 spiro atoms. The predicted molar refractivity (Wildman–Crippen MR) is 78.6 cm³/mol. The summed E-state index contributed by atoms with van der Waals surface area (Å²) in [6.07, 6.45) is 1.02. The second kappa shape index (κ2) is 5.25. The van der Waals surface area contributed by atoms with Gasteiger partial charge in [-0.3, -0.25) is 0 Å². The van der Waals surface area contributed by atoms with Gasteiger partial charge < -0.3 is 14.9 Å². The van der Waals surface area contributed by atoms with Gasteiger partial charge in [0, 0.05) is 11.8 Å². The predicted octanol–water partition coefficient (Wildman–Crippen LogP) is 3.55. The van der Waals surface area contributed by atoms with E-state index in [1.54, 1.807) is 12.1 Å². The Kier molecular flexibility index (Phi) is 3.29. The van der Waals surface area contributed by atoms with Gasteiger partial charge in [-0.05, 0) is 36.2 Å². The number of benzene rings is 2. The minimum Gasteiger partial charge on any atom is -0.484 e. The third-order valence-electron chi connectivity index (χ3n) is 3.15. The number of fused-ring (bicyclic) bond motifs is 1. The maximum Gasteiger partial charge on any atom is 0.233 e. The minimum absolute atomic E-state index is 0.306. The summed E-state index contributed by atoms with van der Waals surface area (Å²) in [6.45, 7) is 2.43. The molecular weight excluding hydrogens is 252 g/mol. The molecule has 2 aromatic carbocycles. The van der Waals surface area contributed by atoms with Gasteiger partial charge in [-0.25, -0.2) is 4.98 Å². The molecule has 1 heterocycles. The Morgan fingerprint density at radius 3 is 2.70 bits per heavy atom.